The van der Waals surface area contributed by atoms with E-state index in [0.717, 1.165) is 19.4 Å². The summed E-state index contributed by atoms with van der Waals surface area (Å²) in [6.07, 6.45) is 1.54. The average molecular weight is 340 g/mol. The van der Waals surface area contributed by atoms with E-state index in [4.69, 9.17) is 11.6 Å². The minimum absolute atomic E-state index is 0.206. The fraction of sp³-hybridized carbons (Fsp3) is 0.500. The SMILES string of the molecule is CC(=O)Nc1ccc(Cl)c(C(=O)NCCN2CCCC(O)C2)c1. The Balaban J connectivity index is 1.88. The molecule has 1 aromatic rings. The van der Waals surface area contributed by atoms with E-state index >= 15 is 0 Å². The molecule has 0 spiro atoms. The van der Waals surface area contributed by atoms with Gasteiger partial charge in [-0.2, -0.15) is 0 Å². The Morgan fingerprint density at radius 3 is 2.91 bits per heavy atom. The number of β-amino-alcohol motifs (C(OH)–C–C–N with tert-alkyl or cyclic N) is 1. The first kappa shape index (κ1) is 17.7. The van der Waals surface area contributed by atoms with Crippen molar-refractivity contribution < 1.29 is 14.7 Å². The highest BCUT2D eigenvalue weighted by atomic mass is 35.5. The number of carbonyl (C=O) groups excluding carboxylic acids is 2. The summed E-state index contributed by atoms with van der Waals surface area (Å²) in [5.41, 5.74) is 0.864. The van der Waals surface area contributed by atoms with Crippen molar-refractivity contribution in [3.05, 3.63) is 28.8 Å². The maximum absolute atomic E-state index is 12.2. The lowest BCUT2D eigenvalue weighted by Crippen LogP contribution is -2.42. The summed E-state index contributed by atoms with van der Waals surface area (Å²) in [5.74, 6) is -0.484. The molecule has 1 saturated heterocycles. The van der Waals surface area contributed by atoms with Gasteiger partial charge in [-0.05, 0) is 37.6 Å². The normalized spacial score (nSPS) is 18.5. The molecule has 1 fully saturated rings. The van der Waals surface area contributed by atoms with Crippen LogP contribution in [-0.4, -0.2) is 54.1 Å². The lowest BCUT2D eigenvalue weighted by Gasteiger charge is -2.29. The summed E-state index contributed by atoms with van der Waals surface area (Å²) in [7, 11) is 0. The van der Waals surface area contributed by atoms with Crippen molar-refractivity contribution in [1.82, 2.24) is 10.2 Å². The highest BCUT2D eigenvalue weighted by Gasteiger charge is 2.17. The van der Waals surface area contributed by atoms with Crippen LogP contribution < -0.4 is 10.6 Å². The molecule has 2 amide bonds. The van der Waals surface area contributed by atoms with Crippen LogP contribution in [0.1, 0.15) is 30.1 Å². The number of anilines is 1. The molecule has 1 heterocycles. The molecule has 6 nitrogen and oxygen atoms in total. The van der Waals surface area contributed by atoms with Crippen molar-refractivity contribution in [1.29, 1.82) is 0 Å². The summed E-state index contributed by atoms with van der Waals surface area (Å²) in [4.78, 5) is 25.4. The van der Waals surface area contributed by atoms with Crippen LogP contribution >= 0.6 is 11.6 Å². The van der Waals surface area contributed by atoms with Crippen molar-refractivity contribution in [2.45, 2.75) is 25.9 Å². The van der Waals surface area contributed by atoms with Gasteiger partial charge >= 0.3 is 0 Å². The van der Waals surface area contributed by atoms with Gasteiger partial charge in [0.15, 0.2) is 0 Å². The number of rotatable bonds is 5. The average Bonchev–Trinajstić information content (AvgIpc) is 2.48. The number of hydrogen-bond donors (Lipinski definition) is 3. The fourth-order valence-corrected chi connectivity index (χ4v) is 2.84. The minimum Gasteiger partial charge on any atom is -0.392 e. The Labute approximate surface area is 140 Å². The Morgan fingerprint density at radius 1 is 1.43 bits per heavy atom. The molecule has 7 heteroatoms. The first-order chi connectivity index (χ1) is 11.0. The van der Waals surface area contributed by atoms with Gasteiger partial charge in [0.2, 0.25) is 5.91 Å². The lowest BCUT2D eigenvalue weighted by molar-refractivity contribution is -0.114. The highest BCUT2D eigenvalue weighted by Crippen LogP contribution is 2.20. The van der Waals surface area contributed by atoms with Gasteiger partial charge in [0, 0.05) is 32.2 Å². The van der Waals surface area contributed by atoms with Crippen LogP contribution in [0.4, 0.5) is 5.69 Å². The predicted octanol–water partition coefficient (Wildman–Crippen LogP) is 1.48. The molecule has 0 saturated carbocycles. The molecule has 1 aliphatic heterocycles. The quantitative estimate of drug-likeness (QED) is 0.759. The number of hydrogen-bond acceptors (Lipinski definition) is 4. The van der Waals surface area contributed by atoms with E-state index in [-0.39, 0.29) is 17.9 Å². The van der Waals surface area contributed by atoms with Gasteiger partial charge in [0.1, 0.15) is 0 Å². The summed E-state index contributed by atoms with van der Waals surface area (Å²) in [6, 6.07) is 4.79. The van der Waals surface area contributed by atoms with E-state index in [9.17, 15) is 14.7 Å². The molecule has 126 valence electrons. The standard InChI is InChI=1S/C16H22ClN3O3/c1-11(21)19-12-4-5-15(17)14(9-12)16(23)18-6-8-20-7-2-3-13(22)10-20/h4-5,9,13,22H,2-3,6-8,10H2,1H3,(H,18,23)(H,19,21). The molecule has 23 heavy (non-hydrogen) atoms. The van der Waals surface area contributed by atoms with Gasteiger partial charge in [-0.15, -0.1) is 0 Å². The van der Waals surface area contributed by atoms with E-state index in [1.165, 1.54) is 6.92 Å². The van der Waals surface area contributed by atoms with E-state index in [2.05, 4.69) is 15.5 Å². The van der Waals surface area contributed by atoms with Crippen molar-refractivity contribution in [2.24, 2.45) is 0 Å². The largest absolute Gasteiger partial charge is 0.392 e. The minimum atomic E-state index is -0.278. The molecule has 0 bridgehead atoms. The van der Waals surface area contributed by atoms with Crippen LogP contribution in [0.25, 0.3) is 0 Å². The number of likely N-dealkylation sites (tertiary alicyclic amines) is 1. The van der Waals surface area contributed by atoms with E-state index in [1.807, 2.05) is 0 Å². The van der Waals surface area contributed by atoms with E-state index in [0.29, 0.717) is 35.9 Å². The van der Waals surface area contributed by atoms with Crippen molar-refractivity contribution in [2.75, 3.05) is 31.5 Å². The Morgan fingerprint density at radius 2 is 2.22 bits per heavy atom. The topological polar surface area (TPSA) is 81.7 Å². The smallest absolute Gasteiger partial charge is 0.252 e. The number of halogens is 1. The van der Waals surface area contributed by atoms with Crippen LogP contribution in [0.2, 0.25) is 5.02 Å². The third-order valence-corrected chi connectivity index (χ3v) is 4.06. The molecule has 0 radical (unpaired) electrons. The zero-order chi connectivity index (χ0) is 16.8. The third kappa shape index (κ3) is 5.49. The molecule has 0 aromatic heterocycles. The molecule has 1 unspecified atom stereocenters. The second-order valence-electron chi connectivity index (χ2n) is 5.73. The molecule has 1 atom stereocenters. The monoisotopic (exact) mass is 339 g/mol. The van der Waals surface area contributed by atoms with E-state index in [1.54, 1.807) is 18.2 Å². The van der Waals surface area contributed by atoms with Gasteiger partial charge in [-0.3, -0.25) is 14.5 Å². The number of benzene rings is 1. The Kier molecular flexibility index (Phi) is 6.38. The molecule has 1 aromatic carbocycles. The van der Waals surface area contributed by atoms with E-state index < -0.39 is 0 Å². The zero-order valence-corrected chi connectivity index (χ0v) is 13.9. The second-order valence-corrected chi connectivity index (χ2v) is 6.14. The van der Waals surface area contributed by atoms with Crippen LogP contribution in [0, 0.1) is 0 Å². The molecule has 3 N–H and O–H groups in total. The Bertz CT molecular complexity index is 580. The van der Waals surface area contributed by atoms with Crippen LogP contribution in [0.15, 0.2) is 18.2 Å². The van der Waals surface area contributed by atoms with Crippen molar-refractivity contribution >= 4 is 29.1 Å². The van der Waals surface area contributed by atoms with Gasteiger partial charge < -0.3 is 15.7 Å². The van der Waals surface area contributed by atoms with Gasteiger partial charge in [-0.25, -0.2) is 0 Å². The number of nitrogens with zero attached hydrogens (tertiary/aromatic N) is 1. The van der Waals surface area contributed by atoms with Gasteiger partial charge in [-0.1, -0.05) is 11.6 Å². The van der Waals surface area contributed by atoms with Crippen LogP contribution in [0.5, 0.6) is 0 Å². The lowest BCUT2D eigenvalue weighted by atomic mass is 10.1. The number of aliphatic hydroxyl groups excluding tert-OH is 1. The first-order valence-corrected chi connectivity index (χ1v) is 8.09. The molecular formula is C16H22ClN3O3. The number of aliphatic hydroxyl groups is 1. The third-order valence-electron chi connectivity index (χ3n) is 3.73. The number of carbonyl (C=O) groups is 2. The molecule has 1 aliphatic rings. The van der Waals surface area contributed by atoms with Crippen molar-refractivity contribution in [3.8, 4) is 0 Å². The molecule has 2 rings (SSSR count). The molecule has 0 aliphatic carbocycles. The predicted molar refractivity (Wildman–Crippen MR) is 89.8 cm³/mol. The van der Waals surface area contributed by atoms with Crippen LogP contribution in [-0.2, 0) is 4.79 Å². The summed E-state index contributed by atoms with van der Waals surface area (Å²) < 4.78 is 0. The zero-order valence-electron chi connectivity index (χ0n) is 13.1. The first-order valence-electron chi connectivity index (χ1n) is 7.71. The highest BCUT2D eigenvalue weighted by molar-refractivity contribution is 6.34. The molecular weight excluding hydrogens is 318 g/mol. The van der Waals surface area contributed by atoms with Gasteiger partial charge in [0.25, 0.3) is 5.91 Å². The summed E-state index contributed by atoms with van der Waals surface area (Å²) in [5, 5.41) is 15.4. The number of piperidine rings is 1. The maximum atomic E-state index is 12.2. The maximum Gasteiger partial charge on any atom is 0.252 e. The number of nitrogens with one attached hydrogen (secondary N) is 2. The number of amides is 2. The van der Waals surface area contributed by atoms with Crippen molar-refractivity contribution in [3.63, 3.8) is 0 Å². The second kappa shape index (κ2) is 8.29. The summed E-state index contributed by atoms with van der Waals surface area (Å²) >= 11 is 6.06. The summed E-state index contributed by atoms with van der Waals surface area (Å²) in [6.45, 7) is 4.15. The fourth-order valence-electron chi connectivity index (χ4n) is 2.64. The van der Waals surface area contributed by atoms with Gasteiger partial charge in [0.05, 0.1) is 16.7 Å². The van der Waals surface area contributed by atoms with Crippen LogP contribution in [0.3, 0.4) is 0 Å². The Hall–Kier alpha value is -1.63.